The fourth-order valence-corrected chi connectivity index (χ4v) is 1.26. The highest BCUT2D eigenvalue weighted by Crippen LogP contribution is 2.17. The monoisotopic (exact) mass is 233 g/mol. The number of hydrogen-bond donors (Lipinski definition) is 2. The summed E-state index contributed by atoms with van der Waals surface area (Å²) < 4.78 is 5.09. The first-order valence-electron chi connectivity index (χ1n) is 5.34. The summed E-state index contributed by atoms with van der Waals surface area (Å²) in [5.41, 5.74) is 6.82. The number of carbonyl (C=O) groups excluding carboxylic acids is 1. The Labute approximate surface area is 100 Å². The molecule has 0 aromatic heterocycles. The second-order valence-electron chi connectivity index (χ2n) is 3.52. The zero-order chi connectivity index (χ0) is 12.7. The quantitative estimate of drug-likeness (QED) is 0.596. The predicted octanol–water partition coefficient (Wildman–Crippen LogP) is 1.51. The summed E-state index contributed by atoms with van der Waals surface area (Å²) in [5, 5.41) is 11.5. The molecule has 0 heterocycles. The van der Waals surface area contributed by atoms with Crippen LogP contribution in [0.3, 0.4) is 0 Å². The topological polar surface area (TPSA) is 88.1 Å². The zero-order valence-corrected chi connectivity index (χ0v) is 9.69. The fourth-order valence-electron chi connectivity index (χ4n) is 1.26. The second-order valence-corrected chi connectivity index (χ2v) is 3.52. The van der Waals surface area contributed by atoms with Gasteiger partial charge in [0, 0.05) is 12.3 Å². The van der Waals surface area contributed by atoms with E-state index in [9.17, 15) is 4.79 Å². The van der Waals surface area contributed by atoms with Crippen molar-refractivity contribution < 1.29 is 9.53 Å². The van der Waals surface area contributed by atoms with Crippen molar-refractivity contribution in [2.24, 2.45) is 0 Å². The molecule has 1 amide bonds. The van der Waals surface area contributed by atoms with Crippen LogP contribution >= 0.6 is 0 Å². The van der Waals surface area contributed by atoms with Crippen molar-refractivity contribution >= 4 is 17.3 Å². The second kappa shape index (κ2) is 6.51. The van der Waals surface area contributed by atoms with E-state index in [1.165, 1.54) is 6.07 Å². The fraction of sp³-hybridized carbons (Fsp3) is 0.333. The molecular weight excluding hydrogens is 218 g/mol. The molecule has 0 bridgehead atoms. The van der Waals surface area contributed by atoms with Gasteiger partial charge in [0.1, 0.15) is 12.7 Å². The van der Waals surface area contributed by atoms with Crippen LogP contribution in [0.4, 0.5) is 11.4 Å². The predicted molar refractivity (Wildman–Crippen MR) is 65.3 cm³/mol. The van der Waals surface area contributed by atoms with Gasteiger partial charge in [-0.25, -0.2) is 0 Å². The van der Waals surface area contributed by atoms with Crippen molar-refractivity contribution in [1.29, 1.82) is 5.26 Å². The Balaban J connectivity index is 2.62. The molecule has 0 atom stereocenters. The van der Waals surface area contributed by atoms with Gasteiger partial charge >= 0.3 is 0 Å². The molecule has 17 heavy (non-hydrogen) atoms. The van der Waals surface area contributed by atoms with Crippen molar-refractivity contribution in [2.75, 3.05) is 24.3 Å². The Bertz CT molecular complexity index is 438. The van der Waals surface area contributed by atoms with Gasteiger partial charge in [-0.05, 0) is 24.6 Å². The van der Waals surface area contributed by atoms with Gasteiger partial charge in [0.2, 0.25) is 5.91 Å². The van der Waals surface area contributed by atoms with Crippen molar-refractivity contribution in [2.45, 2.75) is 13.3 Å². The van der Waals surface area contributed by atoms with Gasteiger partial charge in [0.05, 0.1) is 11.3 Å². The van der Waals surface area contributed by atoms with E-state index >= 15 is 0 Å². The standard InChI is InChI=1S/C12H15N3O2/c1-2-5-17-8-12(16)15-11-4-3-10(14)6-9(11)7-13/h3-4,6H,2,5,8,14H2,1H3,(H,15,16). The van der Waals surface area contributed by atoms with Crippen LogP contribution < -0.4 is 11.1 Å². The molecule has 0 aliphatic heterocycles. The van der Waals surface area contributed by atoms with Crippen LogP contribution in [0.5, 0.6) is 0 Å². The van der Waals surface area contributed by atoms with Crippen LogP contribution in [0.15, 0.2) is 18.2 Å². The molecule has 0 saturated heterocycles. The largest absolute Gasteiger partial charge is 0.399 e. The number of benzene rings is 1. The highest BCUT2D eigenvalue weighted by molar-refractivity contribution is 5.93. The highest BCUT2D eigenvalue weighted by Gasteiger charge is 2.06. The smallest absolute Gasteiger partial charge is 0.250 e. The number of carbonyl (C=O) groups is 1. The van der Waals surface area contributed by atoms with Crippen LogP contribution in [0, 0.1) is 11.3 Å². The van der Waals surface area contributed by atoms with Crippen LogP contribution in [0.25, 0.3) is 0 Å². The molecule has 0 radical (unpaired) electrons. The van der Waals surface area contributed by atoms with E-state index in [0.717, 1.165) is 6.42 Å². The summed E-state index contributed by atoms with van der Waals surface area (Å²) in [6.07, 6.45) is 0.860. The van der Waals surface area contributed by atoms with E-state index in [-0.39, 0.29) is 12.5 Å². The minimum Gasteiger partial charge on any atom is -0.399 e. The summed E-state index contributed by atoms with van der Waals surface area (Å²) in [5.74, 6) is -0.278. The SMILES string of the molecule is CCCOCC(=O)Nc1ccc(N)cc1C#N. The zero-order valence-electron chi connectivity index (χ0n) is 9.69. The first-order valence-corrected chi connectivity index (χ1v) is 5.34. The lowest BCUT2D eigenvalue weighted by Crippen LogP contribution is -2.19. The Morgan fingerprint density at radius 2 is 2.35 bits per heavy atom. The Hall–Kier alpha value is -2.06. The summed E-state index contributed by atoms with van der Waals surface area (Å²) in [6.45, 7) is 2.50. The molecule has 1 aromatic rings. The molecule has 1 rings (SSSR count). The number of ether oxygens (including phenoxy) is 1. The maximum absolute atomic E-state index is 11.5. The van der Waals surface area contributed by atoms with E-state index in [0.29, 0.717) is 23.5 Å². The number of nitrogens with one attached hydrogen (secondary N) is 1. The van der Waals surface area contributed by atoms with E-state index in [1.54, 1.807) is 12.1 Å². The van der Waals surface area contributed by atoms with Gasteiger partial charge in [0.25, 0.3) is 0 Å². The molecule has 0 fully saturated rings. The number of amides is 1. The minimum absolute atomic E-state index is 0.0108. The maximum atomic E-state index is 11.5. The molecule has 5 heteroatoms. The van der Waals surface area contributed by atoms with Crippen LogP contribution in [-0.4, -0.2) is 19.1 Å². The van der Waals surface area contributed by atoms with Crippen molar-refractivity contribution in [3.05, 3.63) is 23.8 Å². The van der Waals surface area contributed by atoms with Crippen molar-refractivity contribution in [3.8, 4) is 6.07 Å². The maximum Gasteiger partial charge on any atom is 0.250 e. The van der Waals surface area contributed by atoms with Crippen LogP contribution in [-0.2, 0) is 9.53 Å². The van der Waals surface area contributed by atoms with Gasteiger partial charge in [-0.1, -0.05) is 6.92 Å². The van der Waals surface area contributed by atoms with Gasteiger partial charge < -0.3 is 15.8 Å². The number of rotatable bonds is 5. The summed E-state index contributed by atoms with van der Waals surface area (Å²) in [6, 6.07) is 6.72. The average Bonchev–Trinajstić information content (AvgIpc) is 2.32. The molecule has 5 nitrogen and oxygen atoms in total. The summed E-state index contributed by atoms with van der Waals surface area (Å²) in [7, 11) is 0. The first kappa shape index (κ1) is 13.0. The number of nitrogen functional groups attached to an aromatic ring is 1. The van der Waals surface area contributed by atoms with Crippen molar-refractivity contribution in [3.63, 3.8) is 0 Å². The third kappa shape index (κ3) is 4.13. The van der Waals surface area contributed by atoms with Gasteiger partial charge in [-0.3, -0.25) is 4.79 Å². The lowest BCUT2D eigenvalue weighted by atomic mass is 10.1. The number of anilines is 2. The molecule has 0 spiro atoms. The molecule has 0 unspecified atom stereocenters. The Morgan fingerprint density at radius 3 is 3.00 bits per heavy atom. The molecule has 90 valence electrons. The van der Waals surface area contributed by atoms with Crippen LogP contribution in [0.1, 0.15) is 18.9 Å². The van der Waals surface area contributed by atoms with E-state index in [2.05, 4.69) is 5.32 Å². The normalized spacial score (nSPS) is 9.65. The van der Waals surface area contributed by atoms with Gasteiger partial charge in [0.15, 0.2) is 0 Å². The number of nitrogens with zero attached hydrogens (tertiary/aromatic N) is 1. The molecular formula is C12H15N3O2. The van der Waals surface area contributed by atoms with Gasteiger partial charge in [-0.2, -0.15) is 5.26 Å². The minimum atomic E-state index is -0.278. The summed E-state index contributed by atoms with van der Waals surface area (Å²) in [4.78, 5) is 11.5. The third-order valence-electron chi connectivity index (χ3n) is 2.02. The summed E-state index contributed by atoms with van der Waals surface area (Å²) >= 11 is 0. The lowest BCUT2D eigenvalue weighted by Gasteiger charge is -2.07. The Morgan fingerprint density at radius 1 is 1.59 bits per heavy atom. The molecule has 1 aromatic carbocycles. The molecule has 3 N–H and O–H groups in total. The number of hydrogen-bond acceptors (Lipinski definition) is 4. The van der Waals surface area contributed by atoms with E-state index in [1.807, 2.05) is 13.0 Å². The van der Waals surface area contributed by atoms with E-state index < -0.39 is 0 Å². The average molecular weight is 233 g/mol. The third-order valence-corrected chi connectivity index (χ3v) is 2.02. The molecule has 0 saturated carbocycles. The van der Waals surface area contributed by atoms with Gasteiger partial charge in [-0.15, -0.1) is 0 Å². The first-order chi connectivity index (χ1) is 8.17. The molecule has 0 aliphatic rings. The Kier molecular flexibility index (Phi) is 4.98. The number of nitriles is 1. The van der Waals surface area contributed by atoms with Crippen molar-refractivity contribution in [1.82, 2.24) is 0 Å². The van der Waals surface area contributed by atoms with Crippen LogP contribution in [0.2, 0.25) is 0 Å². The lowest BCUT2D eigenvalue weighted by molar-refractivity contribution is -0.120. The highest BCUT2D eigenvalue weighted by atomic mass is 16.5. The molecule has 0 aliphatic carbocycles. The number of nitrogens with two attached hydrogens (primary N) is 1. The van der Waals surface area contributed by atoms with E-state index in [4.69, 9.17) is 15.7 Å².